The van der Waals surface area contributed by atoms with Crippen molar-refractivity contribution in [3.8, 4) is 0 Å². The molecule has 0 aromatic rings. The van der Waals surface area contributed by atoms with E-state index in [1.54, 1.807) is 0 Å². The van der Waals surface area contributed by atoms with Crippen molar-refractivity contribution in [2.45, 2.75) is 12.1 Å². The molecule has 3 amide bonds. The number of ether oxygens (including phenoxy) is 1. The first-order chi connectivity index (χ1) is 8.75. The lowest BCUT2D eigenvalue weighted by atomic mass is 10.1. The van der Waals surface area contributed by atoms with Gasteiger partial charge in [0.2, 0.25) is 5.91 Å². The number of nitrogens with zero attached hydrogens (tertiary/aromatic N) is 2. The van der Waals surface area contributed by atoms with Crippen LogP contribution in [0.5, 0.6) is 0 Å². The predicted molar refractivity (Wildman–Crippen MR) is 63.1 cm³/mol. The van der Waals surface area contributed by atoms with Crippen LogP contribution in [0.2, 0.25) is 0 Å². The lowest BCUT2D eigenvalue weighted by Gasteiger charge is -2.38. The Labute approximate surface area is 105 Å². The highest BCUT2D eigenvalue weighted by atomic mass is 16.5. The summed E-state index contributed by atoms with van der Waals surface area (Å²) < 4.78 is 5.31. The Bertz CT molecular complexity index is 356. The molecule has 3 aliphatic rings. The van der Waals surface area contributed by atoms with E-state index < -0.39 is 0 Å². The van der Waals surface area contributed by atoms with Gasteiger partial charge in [-0.25, -0.2) is 4.79 Å². The van der Waals surface area contributed by atoms with E-state index in [2.05, 4.69) is 10.6 Å². The van der Waals surface area contributed by atoms with Gasteiger partial charge in [-0.2, -0.15) is 0 Å². The number of fused-ring (bicyclic) bond motifs is 1. The third-order valence-electron chi connectivity index (χ3n) is 3.76. The fourth-order valence-electron chi connectivity index (χ4n) is 2.75. The minimum Gasteiger partial charge on any atom is -0.378 e. The van der Waals surface area contributed by atoms with E-state index >= 15 is 0 Å². The Balaban J connectivity index is 1.60. The number of amides is 3. The molecule has 3 aliphatic heterocycles. The lowest BCUT2D eigenvalue weighted by molar-refractivity contribution is -0.138. The molecule has 3 heterocycles. The van der Waals surface area contributed by atoms with E-state index in [1.165, 1.54) is 0 Å². The standard InChI is InChI=1S/C11H18N4O3/c16-10(9-7-18-4-1-12-9)14-2-3-15-8(6-14)5-13-11(15)17/h8-9,12H,1-7H2,(H,13,17). The summed E-state index contributed by atoms with van der Waals surface area (Å²) in [5.41, 5.74) is 0. The average molecular weight is 254 g/mol. The Kier molecular flexibility index (Phi) is 3.09. The van der Waals surface area contributed by atoms with E-state index in [-0.39, 0.29) is 24.0 Å². The average Bonchev–Trinajstić information content (AvgIpc) is 2.80. The molecule has 3 saturated heterocycles. The number of carbonyl (C=O) groups is 2. The number of nitrogens with one attached hydrogen (secondary N) is 2. The van der Waals surface area contributed by atoms with Crippen molar-refractivity contribution >= 4 is 11.9 Å². The van der Waals surface area contributed by atoms with Gasteiger partial charge >= 0.3 is 6.03 Å². The van der Waals surface area contributed by atoms with Crippen molar-refractivity contribution in [2.24, 2.45) is 0 Å². The second-order valence-electron chi connectivity index (χ2n) is 4.90. The Hall–Kier alpha value is -1.34. The third kappa shape index (κ3) is 2.04. The number of piperazine rings is 1. The maximum atomic E-state index is 12.3. The van der Waals surface area contributed by atoms with Crippen LogP contribution in [0.1, 0.15) is 0 Å². The molecule has 0 aliphatic carbocycles. The molecule has 18 heavy (non-hydrogen) atoms. The summed E-state index contributed by atoms with van der Waals surface area (Å²) >= 11 is 0. The van der Waals surface area contributed by atoms with Gasteiger partial charge in [0.1, 0.15) is 6.04 Å². The molecule has 0 aromatic carbocycles. The first-order valence-corrected chi connectivity index (χ1v) is 6.40. The van der Waals surface area contributed by atoms with Gasteiger partial charge in [-0.15, -0.1) is 0 Å². The number of carbonyl (C=O) groups excluding carboxylic acids is 2. The van der Waals surface area contributed by atoms with E-state index in [0.717, 1.165) is 6.54 Å². The maximum Gasteiger partial charge on any atom is 0.317 e. The fraction of sp³-hybridized carbons (Fsp3) is 0.818. The number of hydrogen-bond acceptors (Lipinski definition) is 4. The maximum absolute atomic E-state index is 12.3. The molecule has 0 spiro atoms. The molecule has 7 nitrogen and oxygen atoms in total. The van der Waals surface area contributed by atoms with Gasteiger partial charge in [0.15, 0.2) is 0 Å². The van der Waals surface area contributed by atoms with Gasteiger partial charge in [-0.1, -0.05) is 0 Å². The van der Waals surface area contributed by atoms with Crippen molar-refractivity contribution in [1.29, 1.82) is 0 Å². The first kappa shape index (κ1) is 11.7. The minimum absolute atomic E-state index is 0.00813. The smallest absolute Gasteiger partial charge is 0.317 e. The summed E-state index contributed by atoms with van der Waals surface area (Å²) in [6.07, 6.45) is 0. The molecule has 3 rings (SSSR count). The lowest BCUT2D eigenvalue weighted by Crippen LogP contribution is -2.59. The molecule has 0 radical (unpaired) electrons. The molecule has 2 N–H and O–H groups in total. The molecule has 3 fully saturated rings. The molecule has 7 heteroatoms. The van der Waals surface area contributed by atoms with Gasteiger partial charge in [-0.05, 0) is 0 Å². The van der Waals surface area contributed by atoms with Crippen LogP contribution in [0.3, 0.4) is 0 Å². The van der Waals surface area contributed by atoms with Crippen LogP contribution in [0.25, 0.3) is 0 Å². The molecular formula is C11H18N4O3. The van der Waals surface area contributed by atoms with Crippen molar-refractivity contribution in [3.05, 3.63) is 0 Å². The van der Waals surface area contributed by atoms with Crippen molar-refractivity contribution in [1.82, 2.24) is 20.4 Å². The third-order valence-corrected chi connectivity index (χ3v) is 3.76. The van der Waals surface area contributed by atoms with Crippen LogP contribution in [0.15, 0.2) is 0 Å². The first-order valence-electron chi connectivity index (χ1n) is 6.40. The summed E-state index contributed by atoms with van der Waals surface area (Å²) in [5.74, 6) is 0.0914. The molecule has 2 unspecified atom stereocenters. The summed E-state index contributed by atoms with van der Waals surface area (Å²) in [7, 11) is 0. The highest BCUT2D eigenvalue weighted by Crippen LogP contribution is 2.15. The van der Waals surface area contributed by atoms with Crippen LogP contribution in [-0.4, -0.2) is 79.8 Å². The summed E-state index contributed by atoms with van der Waals surface area (Å²) in [6.45, 7) is 4.32. The fourth-order valence-corrected chi connectivity index (χ4v) is 2.75. The van der Waals surface area contributed by atoms with E-state index in [9.17, 15) is 9.59 Å². The monoisotopic (exact) mass is 254 g/mol. The van der Waals surface area contributed by atoms with Gasteiger partial charge in [0.25, 0.3) is 0 Å². The van der Waals surface area contributed by atoms with Crippen LogP contribution in [0.4, 0.5) is 4.79 Å². The topological polar surface area (TPSA) is 73.9 Å². The number of rotatable bonds is 1. The van der Waals surface area contributed by atoms with E-state index in [4.69, 9.17) is 4.74 Å². The second kappa shape index (κ2) is 4.74. The number of hydrogen-bond donors (Lipinski definition) is 2. The zero-order valence-electron chi connectivity index (χ0n) is 10.2. The molecule has 0 saturated carbocycles. The Morgan fingerprint density at radius 1 is 1.39 bits per heavy atom. The van der Waals surface area contributed by atoms with Crippen molar-refractivity contribution in [3.63, 3.8) is 0 Å². The van der Waals surface area contributed by atoms with Crippen molar-refractivity contribution < 1.29 is 14.3 Å². The molecule has 0 aromatic heterocycles. The van der Waals surface area contributed by atoms with Gasteiger partial charge in [0, 0.05) is 32.7 Å². The van der Waals surface area contributed by atoms with E-state index in [1.807, 2.05) is 9.80 Å². The number of urea groups is 1. The molecule has 2 atom stereocenters. The Morgan fingerprint density at radius 2 is 2.28 bits per heavy atom. The largest absolute Gasteiger partial charge is 0.378 e. The molecule has 100 valence electrons. The zero-order valence-corrected chi connectivity index (χ0v) is 10.2. The second-order valence-corrected chi connectivity index (χ2v) is 4.90. The van der Waals surface area contributed by atoms with Gasteiger partial charge in [0.05, 0.1) is 19.3 Å². The zero-order chi connectivity index (χ0) is 12.5. The van der Waals surface area contributed by atoms with Crippen LogP contribution in [0, 0.1) is 0 Å². The predicted octanol–water partition coefficient (Wildman–Crippen LogP) is -1.79. The van der Waals surface area contributed by atoms with Crippen molar-refractivity contribution in [2.75, 3.05) is 45.9 Å². The van der Waals surface area contributed by atoms with Crippen LogP contribution in [-0.2, 0) is 9.53 Å². The summed E-state index contributed by atoms with van der Waals surface area (Å²) in [6, 6.07) is -0.110. The van der Waals surface area contributed by atoms with Gasteiger partial charge < -0.3 is 25.2 Å². The normalized spacial score (nSPS) is 32.1. The Morgan fingerprint density at radius 3 is 3.06 bits per heavy atom. The number of morpholine rings is 1. The SMILES string of the molecule is O=C(C1COCCN1)N1CCN2C(=O)NCC2C1. The van der Waals surface area contributed by atoms with Gasteiger partial charge in [-0.3, -0.25) is 4.79 Å². The minimum atomic E-state index is -0.227. The van der Waals surface area contributed by atoms with Crippen LogP contribution < -0.4 is 10.6 Å². The van der Waals surface area contributed by atoms with Crippen LogP contribution >= 0.6 is 0 Å². The highest BCUT2D eigenvalue weighted by molar-refractivity contribution is 5.83. The molecular weight excluding hydrogens is 236 g/mol. The highest BCUT2D eigenvalue weighted by Gasteiger charge is 2.38. The summed E-state index contributed by atoms with van der Waals surface area (Å²) in [4.78, 5) is 27.4. The quantitative estimate of drug-likeness (QED) is 0.580. The summed E-state index contributed by atoms with van der Waals surface area (Å²) in [5, 5.41) is 5.98. The molecule has 0 bridgehead atoms. The van der Waals surface area contributed by atoms with E-state index in [0.29, 0.717) is 39.4 Å².